The fraction of sp³-hybridized carbons (Fsp3) is 0.846. The first-order chi connectivity index (χ1) is 7.84. The molecule has 0 aliphatic heterocycles. The van der Waals surface area contributed by atoms with Crippen molar-refractivity contribution in [3.8, 4) is 0 Å². The van der Waals surface area contributed by atoms with E-state index in [-0.39, 0.29) is 11.8 Å². The quantitative estimate of drug-likeness (QED) is 0.711. The molecule has 0 saturated heterocycles. The molecule has 0 atom stereocenters. The van der Waals surface area contributed by atoms with Gasteiger partial charge in [0.25, 0.3) is 0 Å². The first-order valence-corrected chi connectivity index (χ1v) is 6.35. The molecule has 0 bridgehead atoms. The highest BCUT2D eigenvalue weighted by atomic mass is 16.2. The summed E-state index contributed by atoms with van der Waals surface area (Å²) in [5.74, 6) is 1.53. The van der Waals surface area contributed by atoms with Crippen LogP contribution in [0.2, 0.25) is 0 Å². The van der Waals surface area contributed by atoms with Gasteiger partial charge in [0.15, 0.2) is 0 Å². The van der Waals surface area contributed by atoms with Gasteiger partial charge >= 0.3 is 0 Å². The number of amides is 2. The number of carbonyl (C=O) groups is 2. The van der Waals surface area contributed by atoms with Crippen molar-refractivity contribution < 1.29 is 9.59 Å². The summed E-state index contributed by atoms with van der Waals surface area (Å²) in [7, 11) is 0. The summed E-state index contributed by atoms with van der Waals surface area (Å²) in [4.78, 5) is 22.1. The Bertz CT molecular complexity index is 242. The molecule has 0 fully saturated rings. The van der Waals surface area contributed by atoms with E-state index in [9.17, 15) is 9.59 Å². The molecule has 0 saturated carbocycles. The summed E-state index contributed by atoms with van der Waals surface area (Å²) >= 11 is 0. The van der Waals surface area contributed by atoms with E-state index in [1.54, 1.807) is 0 Å². The number of rotatable bonds is 7. The SMILES string of the molecule is CC(=O)NCCC(=O)NCC(C(C)C)C(C)C. The maximum atomic E-state index is 11.5. The van der Waals surface area contributed by atoms with Crippen LogP contribution in [0.3, 0.4) is 0 Å². The van der Waals surface area contributed by atoms with E-state index >= 15 is 0 Å². The maximum Gasteiger partial charge on any atom is 0.221 e. The molecule has 100 valence electrons. The lowest BCUT2D eigenvalue weighted by Crippen LogP contribution is -2.35. The van der Waals surface area contributed by atoms with Gasteiger partial charge in [-0.25, -0.2) is 0 Å². The van der Waals surface area contributed by atoms with E-state index in [0.29, 0.717) is 37.3 Å². The molecule has 0 rings (SSSR count). The third-order valence-corrected chi connectivity index (χ3v) is 2.97. The summed E-state index contributed by atoms with van der Waals surface area (Å²) < 4.78 is 0. The van der Waals surface area contributed by atoms with Gasteiger partial charge in [0.05, 0.1) is 0 Å². The van der Waals surface area contributed by atoms with Crippen LogP contribution < -0.4 is 10.6 Å². The number of carbonyl (C=O) groups excluding carboxylic acids is 2. The van der Waals surface area contributed by atoms with E-state index in [1.165, 1.54) is 6.92 Å². The van der Waals surface area contributed by atoms with Gasteiger partial charge in [0.1, 0.15) is 0 Å². The van der Waals surface area contributed by atoms with Gasteiger partial charge < -0.3 is 10.6 Å². The molecule has 4 heteroatoms. The second kappa shape index (κ2) is 8.09. The van der Waals surface area contributed by atoms with Gasteiger partial charge in [0, 0.05) is 26.4 Å². The Morgan fingerprint density at radius 1 is 1.00 bits per heavy atom. The van der Waals surface area contributed by atoms with Crippen molar-refractivity contribution in [3.05, 3.63) is 0 Å². The highest BCUT2D eigenvalue weighted by Crippen LogP contribution is 2.19. The molecule has 0 heterocycles. The van der Waals surface area contributed by atoms with Crippen LogP contribution in [0.4, 0.5) is 0 Å². The van der Waals surface area contributed by atoms with E-state index in [2.05, 4.69) is 38.3 Å². The largest absolute Gasteiger partial charge is 0.356 e. The molecule has 0 unspecified atom stereocenters. The van der Waals surface area contributed by atoms with Crippen molar-refractivity contribution in [2.75, 3.05) is 13.1 Å². The molecule has 0 spiro atoms. The Hall–Kier alpha value is -1.06. The van der Waals surface area contributed by atoms with E-state index < -0.39 is 0 Å². The normalized spacial score (nSPS) is 11.1. The van der Waals surface area contributed by atoms with Crippen LogP contribution in [0.1, 0.15) is 41.0 Å². The second-order valence-corrected chi connectivity index (χ2v) is 5.19. The molecule has 0 aromatic heterocycles. The van der Waals surface area contributed by atoms with Gasteiger partial charge in [-0.1, -0.05) is 27.7 Å². The van der Waals surface area contributed by atoms with Crippen molar-refractivity contribution in [3.63, 3.8) is 0 Å². The van der Waals surface area contributed by atoms with Crippen LogP contribution in [0.15, 0.2) is 0 Å². The van der Waals surface area contributed by atoms with Crippen molar-refractivity contribution in [2.24, 2.45) is 17.8 Å². The monoisotopic (exact) mass is 242 g/mol. The van der Waals surface area contributed by atoms with E-state index in [1.807, 2.05) is 0 Å². The average molecular weight is 242 g/mol. The van der Waals surface area contributed by atoms with Crippen LogP contribution in [0.5, 0.6) is 0 Å². The molecule has 17 heavy (non-hydrogen) atoms. The van der Waals surface area contributed by atoms with Crippen molar-refractivity contribution in [2.45, 2.75) is 41.0 Å². The number of hydrogen-bond acceptors (Lipinski definition) is 2. The van der Waals surface area contributed by atoms with Crippen LogP contribution >= 0.6 is 0 Å². The van der Waals surface area contributed by atoms with Gasteiger partial charge in [-0.2, -0.15) is 0 Å². The predicted molar refractivity (Wildman–Crippen MR) is 69.5 cm³/mol. The molecular weight excluding hydrogens is 216 g/mol. The molecular formula is C13H26N2O2. The summed E-state index contributed by atoms with van der Waals surface area (Å²) in [5, 5.41) is 5.54. The zero-order valence-electron chi connectivity index (χ0n) is 11.7. The number of hydrogen-bond donors (Lipinski definition) is 2. The Morgan fingerprint density at radius 2 is 1.53 bits per heavy atom. The molecule has 0 aromatic carbocycles. The minimum Gasteiger partial charge on any atom is -0.356 e. The fourth-order valence-electron chi connectivity index (χ4n) is 1.91. The van der Waals surface area contributed by atoms with Gasteiger partial charge in [-0.05, 0) is 17.8 Å². The molecule has 0 aromatic rings. The maximum absolute atomic E-state index is 11.5. The highest BCUT2D eigenvalue weighted by Gasteiger charge is 2.17. The Kier molecular flexibility index (Phi) is 7.59. The first kappa shape index (κ1) is 15.9. The smallest absolute Gasteiger partial charge is 0.221 e. The van der Waals surface area contributed by atoms with E-state index in [4.69, 9.17) is 0 Å². The van der Waals surface area contributed by atoms with Crippen LogP contribution in [0.25, 0.3) is 0 Å². The van der Waals surface area contributed by atoms with Gasteiger partial charge in [-0.15, -0.1) is 0 Å². The molecule has 0 aliphatic carbocycles. The zero-order chi connectivity index (χ0) is 13.4. The van der Waals surface area contributed by atoms with Crippen LogP contribution in [0, 0.1) is 17.8 Å². The summed E-state index contributed by atoms with van der Waals surface area (Å²) in [6.07, 6.45) is 0.350. The Morgan fingerprint density at radius 3 is 1.94 bits per heavy atom. The first-order valence-electron chi connectivity index (χ1n) is 6.35. The molecule has 2 N–H and O–H groups in total. The lowest BCUT2D eigenvalue weighted by atomic mass is 9.85. The number of nitrogens with one attached hydrogen (secondary N) is 2. The molecule has 4 nitrogen and oxygen atoms in total. The lowest BCUT2D eigenvalue weighted by molar-refractivity contribution is -0.121. The summed E-state index contributed by atoms with van der Waals surface area (Å²) in [5.41, 5.74) is 0. The van der Waals surface area contributed by atoms with Gasteiger partial charge in [-0.3, -0.25) is 9.59 Å². The van der Waals surface area contributed by atoms with E-state index in [0.717, 1.165) is 0 Å². The molecule has 2 amide bonds. The average Bonchev–Trinajstić information content (AvgIpc) is 2.15. The predicted octanol–water partition coefficient (Wildman–Crippen LogP) is 1.56. The minimum absolute atomic E-state index is 0.00468. The Balaban J connectivity index is 3.85. The van der Waals surface area contributed by atoms with Crippen LogP contribution in [-0.2, 0) is 9.59 Å². The van der Waals surface area contributed by atoms with Crippen molar-refractivity contribution in [1.82, 2.24) is 10.6 Å². The van der Waals surface area contributed by atoms with Crippen molar-refractivity contribution >= 4 is 11.8 Å². The van der Waals surface area contributed by atoms with Gasteiger partial charge in [0.2, 0.25) is 11.8 Å². The third kappa shape index (κ3) is 7.77. The van der Waals surface area contributed by atoms with Crippen LogP contribution in [-0.4, -0.2) is 24.9 Å². The lowest BCUT2D eigenvalue weighted by Gasteiger charge is -2.25. The second-order valence-electron chi connectivity index (χ2n) is 5.19. The zero-order valence-corrected chi connectivity index (χ0v) is 11.7. The Labute approximate surface area is 105 Å². The fourth-order valence-corrected chi connectivity index (χ4v) is 1.91. The summed E-state index contributed by atoms with van der Waals surface area (Å²) in [6, 6.07) is 0. The highest BCUT2D eigenvalue weighted by molar-refractivity contribution is 5.77. The minimum atomic E-state index is -0.0972. The standard InChI is InChI=1S/C13H26N2O2/c1-9(2)12(10(3)4)8-15-13(17)6-7-14-11(5)16/h9-10,12H,6-8H2,1-5H3,(H,14,16)(H,15,17). The topological polar surface area (TPSA) is 58.2 Å². The third-order valence-electron chi connectivity index (χ3n) is 2.97. The summed E-state index contributed by atoms with van der Waals surface area (Å²) in [6.45, 7) is 11.3. The molecule has 0 aliphatic rings. The molecule has 0 radical (unpaired) electrons. The van der Waals surface area contributed by atoms with Crippen molar-refractivity contribution in [1.29, 1.82) is 0 Å².